The quantitative estimate of drug-likeness (QED) is 0.522. The van der Waals surface area contributed by atoms with Crippen molar-refractivity contribution in [1.29, 1.82) is 0 Å². The Hall–Kier alpha value is -2.14. The Bertz CT molecular complexity index is 768. The molecule has 29 heavy (non-hydrogen) atoms. The van der Waals surface area contributed by atoms with Gasteiger partial charge in [-0.15, -0.1) is 0 Å². The van der Waals surface area contributed by atoms with Crippen LogP contribution >= 0.6 is 0 Å². The van der Waals surface area contributed by atoms with Crippen LogP contribution in [0.1, 0.15) is 80.2 Å². The Kier molecular flexibility index (Phi) is 8.29. The molecular formula is C24H33FN2O2. The first-order chi connectivity index (χ1) is 14.2. The molecule has 0 aliphatic heterocycles. The van der Waals surface area contributed by atoms with Crippen LogP contribution in [0.15, 0.2) is 40.8 Å². The first kappa shape index (κ1) is 21.6. The second-order valence-corrected chi connectivity index (χ2v) is 8.06. The second kappa shape index (κ2) is 11.1. The lowest BCUT2D eigenvalue weighted by molar-refractivity contribution is 0.0915. The zero-order valence-electron chi connectivity index (χ0n) is 17.5. The van der Waals surface area contributed by atoms with Gasteiger partial charge in [-0.1, -0.05) is 51.2 Å². The van der Waals surface area contributed by atoms with Crippen LogP contribution < -0.4 is 5.32 Å². The monoisotopic (exact) mass is 400 g/mol. The number of furan rings is 1. The molecule has 2 aromatic rings. The van der Waals surface area contributed by atoms with Gasteiger partial charge in [0.25, 0.3) is 5.91 Å². The molecule has 0 unspecified atom stereocenters. The summed E-state index contributed by atoms with van der Waals surface area (Å²) >= 11 is 0. The summed E-state index contributed by atoms with van der Waals surface area (Å²) in [6.07, 6.45) is 9.28. The standard InChI is InChI=1S/C24H33FN2O2/c1-2-3-7-15-26-24(28)23-14-13-22(29-23)18-27(21-11-5-4-6-12-21)17-19-9-8-10-20(25)16-19/h8-10,13-14,16,21H,2-7,11-12,15,17-18H2,1H3,(H,26,28). The average Bonchev–Trinajstić information content (AvgIpc) is 3.20. The Morgan fingerprint density at radius 2 is 1.97 bits per heavy atom. The molecule has 1 amide bonds. The van der Waals surface area contributed by atoms with Crippen molar-refractivity contribution in [3.8, 4) is 0 Å². The fraction of sp³-hybridized carbons (Fsp3) is 0.542. The molecule has 158 valence electrons. The fourth-order valence-corrected chi connectivity index (χ4v) is 4.08. The fourth-order valence-electron chi connectivity index (χ4n) is 4.08. The SMILES string of the molecule is CCCCCNC(=O)c1ccc(CN(Cc2cccc(F)c2)C2CCCCC2)o1. The first-order valence-electron chi connectivity index (χ1n) is 11.0. The van der Waals surface area contributed by atoms with E-state index in [1.165, 1.54) is 25.3 Å². The zero-order valence-corrected chi connectivity index (χ0v) is 17.5. The smallest absolute Gasteiger partial charge is 0.286 e. The summed E-state index contributed by atoms with van der Waals surface area (Å²) < 4.78 is 19.5. The average molecular weight is 401 g/mol. The van der Waals surface area contributed by atoms with E-state index in [0.29, 0.717) is 31.4 Å². The molecule has 1 heterocycles. The van der Waals surface area contributed by atoms with Gasteiger partial charge in [0.2, 0.25) is 0 Å². The predicted molar refractivity (Wildman–Crippen MR) is 113 cm³/mol. The largest absolute Gasteiger partial charge is 0.455 e. The molecule has 0 bridgehead atoms. The maximum absolute atomic E-state index is 13.6. The number of halogens is 1. The molecule has 0 radical (unpaired) electrons. The number of amides is 1. The molecule has 4 nitrogen and oxygen atoms in total. The molecule has 1 aromatic heterocycles. The number of hydrogen-bond donors (Lipinski definition) is 1. The van der Waals surface area contributed by atoms with Crippen molar-refractivity contribution in [1.82, 2.24) is 10.2 Å². The summed E-state index contributed by atoms with van der Waals surface area (Å²) in [4.78, 5) is 14.6. The number of nitrogens with one attached hydrogen (secondary N) is 1. The minimum absolute atomic E-state index is 0.151. The van der Waals surface area contributed by atoms with E-state index in [2.05, 4.69) is 17.1 Å². The van der Waals surface area contributed by atoms with Gasteiger partial charge in [-0.2, -0.15) is 0 Å². The number of rotatable bonds is 10. The summed E-state index contributed by atoms with van der Waals surface area (Å²) in [5, 5.41) is 2.92. The molecule has 1 aromatic carbocycles. The van der Waals surface area contributed by atoms with Gasteiger partial charge in [-0.05, 0) is 49.1 Å². The zero-order chi connectivity index (χ0) is 20.5. The number of nitrogens with zero attached hydrogens (tertiary/aromatic N) is 1. The Morgan fingerprint density at radius 3 is 2.72 bits per heavy atom. The first-order valence-corrected chi connectivity index (χ1v) is 11.0. The molecule has 1 saturated carbocycles. The third kappa shape index (κ3) is 6.70. The molecule has 0 atom stereocenters. The Labute approximate surface area is 173 Å². The summed E-state index contributed by atoms with van der Waals surface area (Å²) in [5.74, 6) is 0.796. The lowest BCUT2D eigenvalue weighted by atomic mass is 9.93. The maximum atomic E-state index is 13.6. The van der Waals surface area contributed by atoms with E-state index >= 15 is 0 Å². The van der Waals surface area contributed by atoms with Crippen molar-refractivity contribution in [2.24, 2.45) is 0 Å². The van der Waals surface area contributed by atoms with Crippen molar-refractivity contribution >= 4 is 5.91 Å². The van der Waals surface area contributed by atoms with Gasteiger partial charge >= 0.3 is 0 Å². The number of carbonyl (C=O) groups excluding carboxylic acids is 1. The van der Waals surface area contributed by atoms with Gasteiger partial charge in [0.1, 0.15) is 11.6 Å². The van der Waals surface area contributed by atoms with E-state index in [0.717, 1.165) is 43.4 Å². The van der Waals surface area contributed by atoms with Crippen molar-refractivity contribution in [2.75, 3.05) is 6.54 Å². The molecule has 1 N–H and O–H groups in total. The van der Waals surface area contributed by atoms with Crippen LogP contribution in [0, 0.1) is 5.82 Å². The molecule has 0 saturated heterocycles. The number of carbonyl (C=O) groups is 1. The van der Waals surface area contributed by atoms with Crippen molar-refractivity contribution in [3.63, 3.8) is 0 Å². The minimum atomic E-state index is -0.203. The van der Waals surface area contributed by atoms with E-state index in [-0.39, 0.29) is 11.7 Å². The van der Waals surface area contributed by atoms with Crippen LogP contribution in [0.2, 0.25) is 0 Å². The van der Waals surface area contributed by atoms with E-state index in [9.17, 15) is 9.18 Å². The lowest BCUT2D eigenvalue weighted by Crippen LogP contribution is -2.35. The Morgan fingerprint density at radius 1 is 1.14 bits per heavy atom. The van der Waals surface area contributed by atoms with Crippen molar-refractivity contribution < 1.29 is 13.6 Å². The van der Waals surface area contributed by atoms with Crippen LogP contribution in [0.5, 0.6) is 0 Å². The van der Waals surface area contributed by atoms with Gasteiger partial charge in [0.05, 0.1) is 6.54 Å². The summed E-state index contributed by atoms with van der Waals surface area (Å²) in [6, 6.07) is 10.9. The second-order valence-electron chi connectivity index (χ2n) is 8.06. The van der Waals surface area contributed by atoms with Gasteiger partial charge < -0.3 is 9.73 Å². The molecule has 3 rings (SSSR count). The third-order valence-corrected chi connectivity index (χ3v) is 5.68. The highest BCUT2D eigenvalue weighted by Gasteiger charge is 2.23. The van der Waals surface area contributed by atoms with Crippen LogP contribution in [0.25, 0.3) is 0 Å². The highest BCUT2D eigenvalue weighted by atomic mass is 19.1. The number of hydrogen-bond acceptors (Lipinski definition) is 3. The molecular weight excluding hydrogens is 367 g/mol. The number of benzene rings is 1. The normalized spacial score (nSPS) is 15.0. The summed E-state index contributed by atoms with van der Waals surface area (Å²) in [5.41, 5.74) is 0.969. The molecule has 1 fully saturated rings. The van der Waals surface area contributed by atoms with Crippen molar-refractivity contribution in [2.45, 2.75) is 77.4 Å². The highest BCUT2D eigenvalue weighted by Crippen LogP contribution is 2.26. The van der Waals surface area contributed by atoms with Crippen LogP contribution in [0.3, 0.4) is 0 Å². The van der Waals surface area contributed by atoms with Gasteiger partial charge in [-0.25, -0.2) is 4.39 Å². The maximum Gasteiger partial charge on any atom is 0.286 e. The minimum Gasteiger partial charge on any atom is -0.455 e. The Balaban J connectivity index is 1.64. The van der Waals surface area contributed by atoms with E-state index in [1.807, 2.05) is 12.1 Å². The van der Waals surface area contributed by atoms with Crippen molar-refractivity contribution in [3.05, 3.63) is 59.3 Å². The third-order valence-electron chi connectivity index (χ3n) is 5.68. The predicted octanol–water partition coefficient (Wildman–Crippen LogP) is 5.67. The highest BCUT2D eigenvalue weighted by molar-refractivity contribution is 5.91. The van der Waals surface area contributed by atoms with E-state index in [1.54, 1.807) is 18.2 Å². The van der Waals surface area contributed by atoms with Crippen LogP contribution in [-0.2, 0) is 13.1 Å². The van der Waals surface area contributed by atoms with Gasteiger partial charge in [-0.3, -0.25) is 9.69 Å². The van der Waals surface area contributed by atoms with Crippen LogP contribution in [-0.4, -0.2) is 23.4 Å². The molecule has 1 aliphatic carbocycles. The lowest BCUT2D eigenvalue weighted by Gasteiger charge is -2.34. The van der Waals surface area contributed by atoms with Gasteiger partial charge in [0, 0.05) is 19.1 Å². The summed E-state index contributed by atoms with van der Waals surface area (Å²) in [7, 11) is 0. The molecule has 5 heteroatoms. The van der Waals surface area contributed by atoms with E-state index in [4.69, 9.17) is 4.42 Å². The molecule has 1 aliphatic rings. The van der Waals surface area contributed by atoms with Gasteiger partial charge in [0.15, 0.2) is 5.76 Å². The van der Waals surface area contributed by atoms with E-state index < -0.39 is 0 Å². The van der Waals surface area contributed by atoms with Crippen LogP contribution in [0.4, 0.5) is 4.39 Å². The number of unbranched alkanes of at least 4 members (excludes halogenated alkanes) is 2. The summed E-state index contributed by atoms with van der Waals surface area (Å²) in [6.45, 7) is 4.13. The molecule has 0 spiro atoms. The topological polar surface area (TPSA) is 45.5 Å².